The van der Waals surface area contributed by atoms with Gasteiger partial charge in [0.15, 0.2) is 0 Å². The second-order valence-electron chi connectivity index (χ2n) is 6.23. The summed E-state index contributed by atoms with van der Waals surface area (Å²) in [6, 6.07) is 13.0. The van der Waals surface area contributed by atoms with E-state index in [-0.39, 0.29) is 6.04 Å². The zero-order valence-corrected chi connectivity index (χ0v) is 15.1. The van der Waals surface area contributed by atoms with E-state index in [1.54, 1.807) is 0 Å². The van der Waals surface area contributed by atoms with E-state index in [4.69, 9.17) is 4.98 Å². The van der Waals surface area contributed by atoms with Gasteiger partial charge in [-0.15, -0.1) is 6.58 Å². The van der Waals surface area contributed by atoms with Crippen molar-refractivity contribution in [2.24, 2.45) is 0 Å². The minimum Gasteiger partial charge on any atom is -0.357 e. The van der Waals surface area contributed by atoms with Gasteiger partial charge in [-0.3, -0.25) is 9.88 Å². The number of hydrogen-bond acceptors (Lipinski definition) is 2. The van der Waals surface area contributed by atoms with Crippen molar-refractivity contribution in [1.29, 1.82) is 0 Å². The molecule has 1 N–H and O–H groups in total. The molecule has 0 fully saturated rings. The molecule has 3 nitrogen and oxygen atoms in total. The van der Waals surface area contributed by atoms with E-state index in [9.17, 15) is 0 Å². The van der Waals surface area contributed by atoms with Crippen LogP contribution in [0, 0.1) is 0 Å². The molecule has 0 saturated carbocycles. The first-order chi connectivity index (χ1) is 11.8. The van der Waals surface area contributed by atoms with Crippen molar-refractivity contribution < 1.29 is 0 Å². The van der Waals surface area contributed by atoms with Crippen molar-refractivity contribution in [3.05, 3.63) is 76.7 Å². The molecule has 1 unspecified atom stereocenters. The van der Waals surface area contributed by atoms with Gasteiger partial charge in [-0.25, -0.2) is 0 Å². The Balaban J connectivity index is 1.84. The summed E-state index contributed by atoms with van der Waals surface area (Å²) in [6.07, 6.45) is 5.94. The van der Waals surface area contributed by atoms with Crippen molar-refractivity contribution in [3.63, 3.8) is 0 Å². The molecule has 0 aliphatic carbocycles. The quantitative estimate of drug-likeness (QED) is 0.655. The molecule has 1 aliphatic heterocycles. The Morgan fingerprint density at radius 2 is 2.17 bits per heavy atom. The summed E-state index contributed by atoms with van der Waals surface area (Å²) in [6.45, 7) is 5.92. The van der Waals surface area contributed by atoms with Crippen LogP contribution in [0.2, 0.25) is 0 Å². The zero-order valence-electron chi connectivity index (χ0n) is 13.5. The Morgan fingerprint density at radius 3 is 2.96 bits per heavy atom. The summed E-state index contributed by atoms with van der Waals surface area (Å²) < 4.78 is 1.01. The average molecular weight is 382 g/mol. The predicted octanol–water partition coefficient (Wildman–Crippen LogP) is 4.85. The van der Waals surface area contributed by atoms with Crippen LogP contribution in [-0.4, -0.2) is 28.0 Å². The fourth-order valence-electron chi connectivity index (χ4n) is 3.67. The van der Waals surface area contributed by atoms with Crippen LogP contribution in [0.15, 0.2) is 59.7 Å². The van der Waals surface area contributed by atoms with Crippen LogP contribution in [0.1, 0.15) is 29.4 Å². The highest BCUT2D eigenvalue weighted by molar-refractivity contribution is 9.10. The van der Waals surface area contributed by atoms with Gasteiger partial charge in [0.25, 0.3) is 0 Å². The Labute approximate surface area is 150 Å². The molecule has 0 bridgehead atoms. The van der Waals surface area contributed by atoms with E-state index >= 15 is 0 Å². The standard InChI is InChI=1S/C20H20BrN3/c1-2-3-11-24-12-10-16-15-6-4-5-7-17(15)23-19(16)20(24)18-9-8-14(21)13-22-18/h2,4-9,13,20,23H,1,3,10-12H2. The third-order valence-corrected chi connectivity index (χ3v) is 5.25. The molecular formula is C20H20BrN3. The van der Waals surface area contributed by atoms with Gasteiger partial charge in [-0.2, -0.15) is 0 Å². The van der Waals surface area contributed by atoms with Crippen LogP contribution < -0.4 is 0 Å². The number of nitrogens with one attached hydrogen (secondary N) is 1. The van der Waals surface area contributed by atoms with Crippen LogP contribution in [0.5, 0.6) is 0 Å². The molecule has 3 heterocycles. The Bertz CT molecular complexity index is 866. The number of aromatic amines is 1. The fourth-order valence-corrected chi connectivity index (χ4v) is 3.91. The molecule has 0 amide bonds. The maximum atomic E-state index is 4.69. The Hall–Kier alpha value is -1.91. The molecule has 4 rings (SSSR count). The summed E-state index contributed by atoms with van der Waals surface area (Å²) in [5, 5.41) is 1.35. The molecule has 0 spiro atoms. The minimum atomic E-state index is 0.175. The van der Waals surface area contributed by atoms with Gasteiger partial charge < -0.3 is 4.98 Å². The molecule has 122 valence electrons. The number of hydrogen-bond donors (Lipinski definition) is 1. The third kappa shape index (κ3) is 2.70. The number of rotatable bonds is 4. The van der Waals surface area contributed by atoms with Crippen molar-refractivity contribution >= 4 is 26.8 Å². The van der Waals surface area contributed by atoms with Crippen LogP contribution in [0.4, 0.5) is 0 Å². The van der Waals surface area contributed by atoms with Crippen LogP contribution in [0.25, 0.3) is 10.9 Å². The topological polar surface area (TPSA) is 31.9 Å². The number of pyridine rings is 1. The number of halogens is 1. The highest BCUT2D eigenvalue weighted by atomic mass is 79.9. The van der Waals surface area contributed by atoms with Crippen LogP contribution >= 0.6 is 15.9 Å². The van der Waals surface area contributed by atoms with Crippen LogP contribution in [0.3, 0.4) is 0 Å². The lowest BCUT2D eigenvalue weighted by atomic mass is 9.94. The van der Waals surface area contributed by atoms with Crippen molar-refractivity contribution in [3.8, 4) is 0 Å². The summed E-state index contributed by atoms with van der Waals surface area (Å²) in [5.74, 6) is 0. The number of para-hydroxylation sites is 1. The lowest BCUT2D eigenvalue weighted by Gasteiger charge is -2.35. The minimum absolute atomic E-state index is 0.175. The molecule has 0 saturated heterocycles. The molecule has 2 aromatic heterocycles. The molecular weight excluding hydrogens is 362 g/mol. The number of benzene rings is 1. The highest BCUT2D eigenvalue weighted by Crippen LogP contribution is 2.37. The van der Waals surface area contributed by atoms with E-state index in [0.717, 1.165) is 36.1 Å². The summed E-state index contributed by atoms with van der Waals surface area (Å²) in [5.41, 5.74) is 5.04. The molecule has 4 heteroatoms. The lowest BCUT2D eigenvalue weighted by Crippen LogP contribution is -2.37. The van der Waals surface area contributed by atoms with E-state index in [1.165, 1.54) is 22.2 Å². The fraction of sp³-hybridized carbons (Fsp3) is 0.250. The Morgan fingerprint density at radius 1 is 1.29 bits per heavy atom. The normalized spacial score (nSPS) is 17.8. The monoisotopic (exact) mass is 381 g/mol. The van der Waals surface area contributed by atoms with Gasteiger partial charge in [0.2, 0.25) is 0 Å². The first-order valence-electron chi connectivity index (χ1n) is 8.34. The van der Waals surface area contributed by atoms with Gasteiger partial charge in [0.1, 0.15) is 0 Å². The summed E-state index contributed by atoms with van der Waals surface area (Å²) in [7, 11) is 0. The summed E-state index contributed by atoms with van der Waals surface area (Å²) >= 11 is 3.49. The summed E-state index contributed by atoms with van der Waals surface area (Å²) in [4.78, 5) is 10.9. The smallest absolute Gasteiger partial charge is 0.0931 e. The Kier molecular flexibility index (Phi) is 4.25. The van der Waals surface area contributed by atoms with E-state index in [0.29, 0.717) is 0 Å². The maximum absolute atomic E-state index is 4.69. The number of H-pyrrole nitrogens is 1. The van der Waals surface area contributed by atoms with Gasteiger partial charge in [0, 0.05) is 40.4 Å². The highest BCUT2D eigenvalue weighted by Gasteiger charge is 2.31. The number of nitrogens with zero attached hydrogens (tertiary/aromatic N) is 2. The van der Waals surface area contributed by atoms with E-state index in [1.807, 2.05) is 12.3 Å². The maximum Gasteiger partial charge on any atom is 0.0931 e. The van der Waals surface area contributed by atoms with Gasteiger partial charge >= 0.3 is 0 Å². The van der Waals surface area contributed by atoms with Crippen molar-refractivity contribution in [2.45, 2.75) is 18.9 Å². The zero-order chi connectivity index (χ0) is 16.5. The largest absolute Gasteiger partial charge is 0.357 e. The second-order valence-corrected chi connectivity index (χ2v) is 7.15. The van der Waals surface area contributed by atoms with Gasteiger partial charge in [0.05, 0.1) is 11.7 Å². The van der Waals surface area contributed by atoms with Gasteiger partial charge in [-0.1, -0.05) is 24.3 Å². The van der Waals surface area contributed by atoms with E-state index < -0.39 is 0 Å². The molecule has 1 atom stereocenters. The number of aromatic nitrogens is 2. The predicted molar refractivity (Wildman–Crippen MR) is 102 cm³/mol. The SMILES string of the molecule is C=CCCN1CCc2c([nH]c3ccccc23)C1c1ccc(Br)cn1. The van der Waals surface area contributed by atoms with E-state index in [2.05, 4.69) is 68.8 Å². The molecule has 1 aromatic carbocycles. The molecule has 24 heavy (non-hydrogen) atoms. The average Bonchev–Trinajstić information content (AvgIpc) is 2.99. The first kappa shape index (κ1) is 15.6. The second kappa shape index (κ2) is 6.54. The molecule has 3 aromatic rings. The molecule has 1 aliphatic rings. The van der Waals surface area contributed by atoms with Crippen molar-refractivity contribution in [1.82, 2.24) is 14.9 Å². The lowest BCUT2D eigenvalue weighted by molar-refractivity contribution is 0.211. The van der Waals surface area contributed by atoms with Crippen LogP contribution in [-0.2, 0) is 6.42 Å². The third-order valence-electron chi connectivity index (χ3n) is 4.79. The first-order valence-corrected chi connectivity index (χ1v) is 9.13. The number of fused-ring (bicyclic) bond motifs is 3. The molecule has 0 radical (unpaired) electrons. The van der Waals surface area contributed by atoms with Crippen molar-refractivity contribution in [2.75, 3.05) is 13.1 Å². The van der Waals surface area contributed by atoms with Gasteiger partial charge in [-0.05, 0) is 52.5 Å².